The van der Waals surface area contributed by atoms with Crippen molar-refractivity contribution >= 4 is 0 Å². The first-order valence-corrected chi connectivity index (χ1v) is 7.18. The molecule has 2 aromatic heterocycles. The molecule has 0 amide bonds. The molecule has 0 aromatic carbocycles. The molecule has 5 heteroatoms. The molecule has 0 unspecified atom stereocenters. The van der Waals surface area contributed by atoms with Gasteiger partial charge in [-0.05, 0) is 38.8 Å². The first kappa shape index (κ1) is 15.4. The van der Waals surface area contributed by atoms with Gasteiger partial charge in [-0.2, -0.15) is 0 Å². The molecule has 2 aromatic rings. The van der Waals surface area contributed by atoms with Crippen molar-refractivity contribution in [3.63, 3.8) is 0 Å². The van der Waals surface area contributed by atoms with Crippen molar-refractivity contribution in [3.8, 4) is 11.5 Å². The topological polar surface area (TPSA) is 70.7 Å². The number of nitrogens with one attached hydrogen (secondary N) is 2. The zero-order valence-electron chi connectivity index (χ0n) is 13.0. The summed E-state index contributed by atoms with van der Waals surface area (Å²) in [7, 11) is 0. The number of rotatable bonds is 4. The van der Waals surface area contributed by atoms with Gasteiger partial charge in [0.05, 0.1) is 5.69 Å². The number of aromatic nitrogens is 3. The van der Waals surface area contributed by atoms with Crippen LogP contribution >= 0.6 is 0 Å². The molecule has 0 fully saturated rings. The molecule has 0 saturated carbocycles. The van der Waals surface area contributed by atoms with Crippen molar-refractivity contribution in [1.82, 2.24) is 20.3 Å². The average Bonchev–Trinajstić information content (AvgIpc) is 2.44. The molecule has 0 bridgehead atoms. The van der Waals surface area contributed by atoms with Gasteiger partial charge in [-0.3, -0.25) is 9.78 Å². The highest BCUT2D eigenvalue weighted by molar-refractivity contribution is 5.54. The van der Waals surface area contributed by atoms with Crippen LogP contribution in [0.3, 0.4) is 0 Å². The fourth-order valence-electron chi connectivity index (χ4n) is 2.00. The van der Waals surface area contributed by atoms with Gasteiger partial charge in [-0.25, -0.2) is 4.98 Å². The molecule has 2 heterocycles. The summed E-state index contributed by atoms with van der Waals surface area (Å²) in [6.45, 7) is 8.84. The van der Waals surface area contributed by atoms with Crippen LogP contribution in [0.25, 0.3) is 11.5 Å². The van der Waals surface area contributed by atoms with E-state index in [0.29, 0.717) is 12.4 Å². The summed E-state index contributed by atoms with van der Waals surface area (Å²) in [5.74, 6) is 0.533. The second-order valence-electron chi connectivity index (χ2n) is 6.05. The molecule has 2 rings (SSSR count). The Balaban J connectivity index is 2.37. The number of pyridine rings is 1. The summed E-state index contributed by atoms with van der Waals surface area (Å²) in [4.78, 5) is 23.5. The lowest BCUT2D eigenvalue weighted by atomic mass is 10.1. The quantitative estimate of drug-likeness (QED) is 0.904. The molecule has 0 saturated heterocycles. The van der Waals surface area contributed by atoms with E-state index in [2.05, 4.69) is 48.0 Å². The third kappa shape index (κ3) is 4.23. The van der Waals surface area contributed by atoms with Crippen molar-refractivity contribution in [2.75, 3.05) is 0 Å². The molecule has 0 atom stereocenters. The maximum absolute atomic E-state index is 11.9. The largest absolute Gasteiger partial charge is 0.306 e. The normalized spacial score (nSPS) is 11.6. The van der Waals surface area contributed by atoms with Crippen LogP contribution in [0.15, 0.2) is 29.2 Å². The van der Waals surface area contributed by atoms with Crippen molar-refractivity contribution in [1.29, 1.82) is 0 Å². The Kier molecular flexibility index (Phi) is 4.53. The molecule has 0 aliphatic rings. The number of aromatic amines is 1. The fourth-order valence-corrected chi connectivity index (χ4v) is 2.00. The van der Waals surface area contributed by atoms with Gasteiger partial charge in [0.15, 0.2) is 5.82 Å². The van der Waals surface area contributed by atoms with Gasteiger partial charge < -0.3 is 10.3 Å². The van der Waals surface area contributed by atoms with Crippen LogP contribution in [0.2, 0.25) is 0 Å². The SMILES string of the molecule is CCc1cccnc1-c1nc(CNC(C)(C)C)cc(=O)[nH]1. The van der Waals surface area contributed by atoms with Gasteiger partial charge in [0.2, 0.25) is 0 Å². The van der Waals surface area contributed by atoms with Crippen molar-refractivity contribution in [2.24, 2.45) is 0 Å². The van der Waals surface area contributed by atoms with Gasteiger partial charge in [0.1, 0.15) is 5.69 Å². The van der Waals surface area contributed by atoms with E-state index in [-0.39, 0.29) is 11.1 Å². The number of H-pyrrole nitrogens is 1. The molecule has 2 N–H and O–H groups in total. The van der Waals surface area contributed by atoms with Crippen LogP contribution < -0.4 is 10.9 Å². The van der Waals surface area contributed by atoms with E-state index < -0.39 is 0 Å². The summed E-state index contributed by atoms with van der Waals surface area (Å²) in [5.41, 5.74) is 2.36. The Morgan fingerprint density at radius 3 is 2.76 bits per heavy atom. The lowest BCUT2D eigenvalue weighted by Gasteiger charge is -2.20. The van der Waals surface area contributed by atoms with Crippen molar-refractivity contribution in [3.05, 3.63) is 46.0 Å². The fraction of sp³-hybridized carbons (Fsp3) is 0.438. The lowest BCUT2D eigenvalue weighted by molar-refractivity contribution is 0.421. The van der Waals surface area contributed by atoms with Gasteiger partial charge in [0.25, 0.3) is 5.56 Å². The van der Waals surface area contributed by atoms with Crippen molar-refractivity contribution in [2.45, 2.75) is 46.2 Å². The molecule has 0 aliphatic heterocycles. The van der Waals surface area contributed by atoms with Crippen LogP contribution in [0.5, 0.6) is 0 Å². The minimum absolute atomic E-state index is 0.0238. The zero-order valence-corrected chi connectivity index (χ0v) is 13.0. The third-order valence-corrected chi connectivity index (χ3v) is 3.09. The third-order valence-electron chi connectivity index (χ3n) is 3.09. The lowest BCUT2D eigenvalue weighted by Crippen LogP contribution is -2.35. The van der Waals surface area contributed by atoms with E-state index >= 15 is 0 Å². The first-order chi connectivity index (χ1) is 9.89. The van der Waals surface area contributed by atoms with Gasteiger partial charge in [-0.15, -0.1) is 0 Å². The first-order valence-electron chi connectivity index (χ1n) is 7.18. The minimum Gasteiger partial charge on any atom is -0.306 e. The summed E-state index contributed by atoms with van der Waals surface area (Å²) in [5, 5.41) is 3.34. The monoisotopic (exact) mass is 286 g/mol. The zero-order chi connectivity index (χ0) is 15.5. The molecular formula is C16H22N4O. The van der Waals surface area contributed by atoms with Crippen LogP contribution in [-0.2, 0) is 13.0 Å². The van der Waals surface area contributed by atoms with Gasteiger partial charge >= 0.3 is 0 Å². The number of aryl methyl sites for hydroxylation is 1. The Labute approximate surface area is 124 Å². The smallest absolute Gasteiger partial charge is 0.251 e. The maximum atomic E-state index is 11.9. The molecular weight excluding hydrogens is 264 g/mol. The summed E-state index contributed by atoms with van der Waals surface area (Å²) in [6.07, 6.45) is 2.56. The van der Waals surface area contributed by atoms with E-state index in [1.165, 1.54) is 6.07 Å². The predicted molar refractivity (Wildman–Crippen MR) is 84.1 cm³/mol. The summed E-state index contributed by atoms with van der Waals surface area (Å²) < 4.78 is 0. The van der Waals surface area contributed by atoms with Crippen LogP contribution in [0, 0.1) is 0 Å². The standard InChI is InChI=1S/C16H22N4O/c1-5-11-7-6-8-17-14(11)15-19-12(9-13(21)20-15)10-18-16(2,3)4/h6-9,18H,5,10H2,1-4H3,(H,19,20,21). The molecule has 112 valence electrons. The number of hydrogen-bond donors (Lipinski definition) is 2. The molecule has 0 radical (unpaired) electrons. The predicted octanol–water partition coefficient (Wildman–Crippen LogP) is 2.28. The Morgan fingerprint density at radius 1 is 1.33 bits per heavy atom. The van der Waals surface area contributed by atoms with E-state index in [0.717, 1.165) is 23.4 Å². The number of nitrogens with zero attached hydrogens (tertiary/aromatic N) is 2. The second kappa shape index (κ2) is 6.18. The van der Waals surface area contributed by atoms with Crippen molar-refractivity contribution < 1.29 is 0 Å². The van der Waals surface area contributed by atoms with Gasteiger partial charge in [0, 0.05) is 24.3 Å². The Hall–Kier alpha value is -2.01. The van der Waals surface area contributed by atoms with E-state index in [1.807, 2.05) is 12.1 Å². The minimum atomic E-state index is -0.154. The molecule has 5 nitrogen and oxygen atoms in total. The maximum Gasteiger partial charge on any atom is 0.251 e. The second-order valence-corrected chi connectivity index (χ2v) is 6.05. The summed E-state index contributed by atoms with van der Waals surface area (Å²) in [6, 6.07) is 5.42. The highest BCUT2D eigenvalue weighted by Crippen LogP contribution is 2.16. The van der Waals surface area contributed by atoms with Gasteiger partial charge in [-0.1, -0.05) is 13.0 Å². The van der Waals surface area contributed by atoms with Crippen LogP contribution in [-0.4, -0.2) is 20.5 Å². The van der Waals surface area contributed by atoms with Crippen LogP contribution in [0.1, 0.15) is 39.0 Å². The Bertz CT molecular complexity index is 670. The Morgan fingerprint density at radius 2 is 2.10 bits per heavy atom. The molecule has 0 spiro atoms. The molecule has 21 heavy (non-hydrogen) atoms. The highest BCUT2D eigenvalue weighted by atomic mass is 16.1. The van der Waals surface area contributed by atoms with E-state index in [9.17, 15) is 4.79 Å². The van der Waals surface area contributed by atoms with Crippen LogP contribution in [0.4, 0.5) is 0 Å². The van der Waals surface area contributed by atoms with E-state index in [4.69, 9.17) is 0 Å². The highest BCUT2D eigenvalue weighted by Gasteiger charge is 2.12. The average molecular weight is 286 g/mol. The number of hydrogen-bond acceptors (Lipinski definition) is 4. The van der Waals surface area contributed by atoms with E-state index in [1.54, 1.807) is 6.20 Å². The summed E-state index contributed by atoms with van der Waals surface area (Å²) >= 11 is 0. The molecule has 0 aliphatic carbocycles.